The van der Waals surface area contributed by atoms with Crippen molar-refractivity contribution < 1.29 is 0 Å². The van der Waals surface area contributed by atoms with E-state index in [9.17, 15) is 0 Å². The van der Waals surface area contributed by atoms with Gasteiger partial charge in [0.1, 0.15) is 0 Å². The predicted molar refractivity (Wildman–Crippen MR) is 98.6 cm³/mol. The first-order chi connectivity index (χ1) is 11.1. The maximum atomic E-state index is 2.70. The van der Waals surface area contributed by atoms with Gasteiger partial charge >= 0.3 is 0 Å². The normalized spacial score (nSPS) is 22.7. The van der Waals surface area contributed by atoms with E-state index in [-0.39, 0.29) is 5.54 Å². The number of nitrogens with zero attached hydrogens (tertiary/aromatic N) is 2. The fourth-order valence-electron chi connectivity index (χ4n) is 4.53. The average molecular weight is 313 g/mol. The first-order valence-corrected chi connectivity index (χ1v) is 9.35. The van der Waals surface area contributed by atoms with Gasteiger partial charge in [0, 0.05) is 5.54 Å². The molecule has 1 aromatic rings. The van der Waals surface area contributed by atoms with Crippen molar-refractivity contribution >= 4 is 0 Å². The maximum Gasteiger partial charge on any atom is 0.0578 e. The molecule has 0 spiro atoms. The predicted octanol–water partition coefficient (Wildman–Crippen LogP) is 4.64. The van der Waals surface area contributed by atoms with Gasteiger partial charge in [-0.1, -0.05) is 36.4 Å². The van der Waals surface area contributed by atoms with Crippen molar-refractivity contribution in [3.05, 3.63) is 47.5 Å². The van der Waals surface area contributed by atoms with Crippen LogP contribution in [0.5, 0.6) is 0 Å². The molecule has 0 N–H and O–H groups in total. The molecule has 126 valence electrons. The Morgan fingerprint density at radius 3 is 2.09 bits per heavy atom. The quantitative estimate of drug-likeness (QED) is 0.731. The van der Waals surface area contributed by atoms with Crippen LogP contribution in [0.1, 0.15) is 58.1 Å². The molecule has 0 aromatic heterocycles. The largest absolute Gasteiger partial charge is 0.294 e. The zero-order valence-corrected chi connectivity index (χ0v) is 15.1. The van der Waals surface area contributed by atoms with Gasteiger partial charge in [-0.15, -0.1) is 0 Å². The maximum absolute atomic E-state index is 2.70. The zero-order chi connectivity index (χ0) is 16.3. The van der Waals surface area contributed by atoms with Crippen LogP contribution in [0.2, 0.25) is 0 Å². The minimum atomic E-state index is 0.133. The molecule has 2 fully saturated rings. The van der Waals surface area contributed by atoms with Crippen molar-refractivity contribution in [3.63, 3.8) is 0 Å². The standard InChI is InChI=1S/C21H32N2/c1-4-19(21(2,3)23-16-10-11-17-23)20(22-14-8-9-15-22)18-12-6-5-7-13-18/h4-7,12-13,20H,8-11,14-17H2,1-3H3/b19-4-. The number of hydrogen-bond donors (Lipinski definition) is 0. The van der Waals surface area contributed by atoms with Crippen LogP contribution in [0, 0.1) is 0 Å². The van der Waals surface area contributed by atoms with Gasteiger partial charge in [0.05, 0.1) is 6.04 Å². The Bertz CT molecular complexity index is 520. The molecule has 1 aromatic carbocycles. The summed E-state index contributed by atoms with van der Waals surface area (Å²) < 4.78 is 0. The summed E-state index contributed by atoms with van der Waals surface area (Å²) in [5, 5.41) is 0. The van der Waals surface area contributed by atoms with E-state index in [1.54, 1.807) is 5.57 Å². The van der Waals surface area contributed by atoms with Crippen LogP contribution in [-0.2, 0) is 0 Å². The Kier molecular flexibility index (Phi) is 5.23. The lowest BCUT2D eigenvalue weighted by atomic mass is 9.82. The summed E-state index contributed by atoms with van der Waals surface area (Å²) in [6.07, 6.45) is 7.77. The minimum Gasteiger partial charge on any atom is -0.294 e. The smallest absolute Gasteiger partial charge is 0.0578 e. The molecule has 2 aliphatic rings. The van der Waals surface area contributed by atoms with E-state index in [4.69, 9.17) is 0 Å². The van der Waals surface area contributed by atoms with Gasteiger partial charge < -0.3 is 0 Å². The van der Waals surface area contributed by atoms with Crippen LogP contribution in [0.15, 0.2) is 42.0 Å². The Labute approximate surface area is 142 Å². The minimum absolute atomic E-state index is 0.133. The lowest BCUT2D eigenvalue weighted by molar-refractivity contribution is 0.156. The summed E-state index contributed by atoms with van der Waals surface area (Å²) in [6.45, 7) is 12.0. The molecule has 0 radical (unpaired) electrons. The summed E-state index contributed by atoms with van der Waals surface area (Å²) in [5.74, 6) is 0. The molecule has 0 bridgehead atoms. The van der Waals surface area contributed by atoms with E-state index < -0.39 is 0 Å². The van der Waals surface area contributed by atoms with Gasteiger partial charge in [0.25, 0.3) is 0 Å². The topological polar surface area (TPSA) is 6.48 Å². The van der Waals surface area contributed by atoms with Gasteiger partial charge in [-0.25, -0.2) is 0 Å². The molecule has 2 aliphatic heterocycles. The van der Waals surface area contributed by atoms with Crippen molar-refractivity contribution in [3.8, 4) is 0 Å². The highest BCUT2D eigenvalue weighted by Gasteiger charge is 2.38. The fourth-order valence-corrected chi connectivity index (χ4v) is 4.53. The van der Waals surface area contributed by atoms with Crippen molar-refractivity contribution in [1.82, 2.24) is 9.80 Å². The second kappa shape index (κ2) is 7.19. The van der Waals surface area contributed by atoms with Crippen molar-refractivity contribution in [1.29, 1.82) is 0 Å². The summed E-state index contributed by atoms with van der Waals surface area (Å²) in [6, 6.07) is 11.6. The highest BCUT2D eigenvalue weighted by Crippen LogP contribution is 2.40. The highest BCUT2D eigenvalue weighted by atomic mass is 15.2. The van der Waals surface area contributed by atoms with Crippen molar-refractivity contribution in [2.75, 3.05) is 26.2 Å². The average Bonchev–Trinajstić information content (AvgIpc) is 3.26. The van der Waals surface area contributed by atoms with Gasteiger partial charge in [-0.05, 0) is 83.8 Å². The molecule has 1 atom stereocenters. The molecular formula is C21H32N2. The SMILES string of the molecule is C/C=C(/C(c1ccccc1)N1CCCC1)C(C)(C)N1CCCC1. The summed E-state index contributed by atoms with van der Waals surface area (Å²) in [5.41, 5.74) is 3.16. The molecule has 23 heavy (non-hydrogen) atoms. The molecule has 0 saturated carbocycles. The molecule has 2 heterocycles. The monoisotopic (exact) mass is 312 g/mol. The molecule has 2 nitrogen and oxygen atoms in total. The Balaban J connectivity index is 1.96. The van der Waals surface area contributed by atoms with E-state index in [0.29, 0.717) is 6.04 Å². The lowest BCUT2D eigenvalue weighted by Crippen LogP contribution is -2.47. The molecule has 1 unspecified atom stereocenters. The molecule has 2 heteroatoms. The van der Waals surface area contributed by atoms with Crippen LogP contribution in [-0.4, -0.2) is 41.5 Å². The summed E-state index contributed by atoms with van der Waals surface area (Å²) in [4.78, 5) is 5.39. The second-order valence-corrected chi connectivity index (χ2v) is 7.55. The first kappa shape index (κ1) is 16.7. The number of likely N-dealkylation sites (tertiary alicyclic amines) is 2. The van der Waals surface area contributed by atoms with Crippen LogP contribution >= 0.6 is 0 Å². The molecule has 3 rings (SSSR count). The van der Waals surface area contributed by atoms with Crippen LogP contribution in [0.3, 0.4) is 0 Å². The van der Waals surface area contributed by atoms with Crippen LogP contribution < -0.4 is 0 Å². The Morgan fingerprint density at radius 1 is 0.957 bits per heavy atom. The van der Waals surface area contributed by atoms with Crippen LogP contribution in [0.25, 0.3) is 0 Å². The molecule has 2 saturated heterocycles. The number of allylic oxidation sites excluding steroid dienone is 1. The van der Waals surface area contributed by atoms with Gasteiger partial charge in [-0.2, -0.15) is 0 Å². The van der Waals surface area contributed by atoms with Gasteiger partial charge in [0.15, 0.2) is 0 Å². The third kappa shape index (κ3) is 3.39. The molecular weight excluding hydrogens is 280 g/mol. The van der Waals surface area contributed by atoms with E-state index >= 15 is 0 Å². The zero-order valence-electron chi connectivity index (χ0n) is 15.1. The third-order valence-corrected chi connectivity index (χ3v) is 5.83. The van der Waals surface area contributed by atoms with Gasteiger partial charge in [-0.3, -0.25) is 9.80 Å². The third-order valence-electron chi connectivity index (χ3n) is 5.83. The van der Waals surface area contributed by atoms with E-state index in [1.165, 1.54) is 57.4 Å². The fraction of sp³-hybridized carbons (Fsp3) is 0.619. The van der Waals surface area contributed by atoms with E-state index in [2.05, 4.69) is 67.0 Å². The number of rotatable bonds is 5. The van der Waals surface area contributed by atoms with Crippen molar-refractivity contribution in [2.24, 2.45) is 0 Å². The van der Waals surface area contributed by atoms with E-state index in [1.807, 2.05) is 0 Å². The van der Waals surface area contributed by atoms with Gasteiger partial charge in [0.2, 0.25) is 0 Å². The number of benzene rings is 1. The number of hydrogen-bond acceptors (Lipinski definition) is 2. The lowest BCUT2D eigenvalue weighted by Gasteiger charge is -2.44. The second-order valence-electron chi connectivity index (χ2n) is 7.55. The molecule has 0 amide bonds. The Morgan fingerprint density at radius 2 is 1.52 bits per heavy atom. The van der Waals surface area contributed by atoms with E-state index in [0.717, 1.165) is 0 Å². The highest BCUT2D eigenvalue weighted by molar-refractivity contribution is 5.34. The first-order valence-electron chi connectivity index (χ1n) is 9.35. The van der Waals surface area contributed by atoms with Crippen molar-refractivity contribution in [2.45, 2.75) is 58.0 Å². The summed E-state index contributed by atoms with van der Waals surface area (Å²) >= 11 is 0. The Hall–Kier alpha value is -1.12. The molecule has 0 aliphatic carbocycles. The summed E-state index contributed by atoms with van der Waals surface area (Å²) in [7, 11) is 0. The van der Waals surface area contributed by atoms with Crippen LogP contribution in [0.4, 0.5) is 0 Å².